The second kappa shape index (κ2) is 6.19. The van der Waals surface area contributed by atoms with Gasteiger partial charge in [0, 0.05) is 18.4 Å². The number of aromatic amines is 1. The highest BCUT2D eigenvalue weighted by atomic mass is 16.5. The largest absolute Gasteiger partial charge is 0.497 e. The third-order valence-corrected chi connectivity index (χ3v) is 5.23. The molecule has 1 aliphatic heterocycles. The van der Waals surface area contributed by atoms with Gasteiger partial charge in [-0.3, -0.25) is 4.79 Å². The summed E-state index contributed by atoms with van der Waals surface area (Å²) in [5.41, 5.74) is 1.66. The molecule has 2 fully saturated rings. The van der Waals surface area contributed by atoms with Crippen LogP contribution < -0.4 is 4.74 Å². The summed E-state index contributed by atoms with van der Waals surface area (Å²) in [7, 11) is 1.65. The molecule has 1 saturated heterocycles. The van der Waals surface area contributed by atoms with E-state index in [1.807, 2.05) is 36.1 Å². The second-order valence-corrected chi connectivity index (χ2v) is 6.85. The van der Waals surface area contributed by atoms with E-state index in [0.717, 1.165) is 35.7 Å². The van der Waals surface area contributed by atoms with Crippen molar-refractivity contribution in [3.8, 4) is 5.75 Å². The molecular formula is C19H23N3O3. The number of aryl methyl sites for hydroxylation is 1. The van der Waals surface area contributed by atoms with E-state index in [2.05, 4.69) is 9.97 Å². The Morgan fingerprint density at radius 2 is 2.12 bits per heavy atom. The van der Waals surface area contributed by atoms with Crippen molar-refractivity contribution in [3.63, 3.8) is 0 Å². The molecule has 1 atom stereocenters. The lowest BCUT2D eigenvalue weighted by molar-refractivity contribution is -0.143. The van der Waals surface area contributed by atoms with Crippen LogP contribution >= 0.6 is 0 Å². The second-order valence-electron chi connectivity index (χ2n) is 6.85. The third kappa shape index (κ3) is 2.80. The molecule has 0 unspecified atom stereocenters. The van der Waals surface area contributed by atoms with Crippen LogP contribution in [0.1, 0.15) is 36.0 Å². The molecule has 1 aromatic heterocycles. The van der Waals surface area contributed by atoms with Crippen molar-refractivity contribution in [2.45, 2.75) is 31.2 Å². The maximum Gasteiger partial charge on any atom is 0.234 e. The van der Waals surface area contributed by atoms with Crippen molar-refractivity contribution in [1.82, 2.24) is 14.9 Å². The average molecular weight is 341 g/mol. The number of imidazole rings is 1. The number of carbonyl (C=O) groups excluding carboxylic acids is 1. The van der Waals surface area contributed by atoms with E-state index >= 15 is 0 Å². The smallest absolute Gasteiger partial charge is 0.234 e. The van der Waals surface area contributed by atoms with Gasteiger partial charge in [-0.2, -0.15) is 0 Å². The molecule has 0 bridgehead atoms. The van der Waals surface area contributed by atoms with Crippen LogP contribution in [0.2, 0.25) is 0 Å². The first kappa shape index (κ1) is 16.1. The Morgan fingerprint density at radius 3 is 2.72 bits per heavy atom. The molecule has 6 heteroatoms. The molecule has 132 valence electrons. The Morgan fingerprint density at radius 1 is 1.36 bits per heavy atom. The summed E-state index contributed by atoms with van der Waals surface area (Å²) in [6, 6.07) is 7.72. The first-order chi connectivity index (χ1) is 12.1. The maximum atomic E-state index is 13.4. The number of nitrogens with zero attached hydrogens (tertiary/aromatic N) is 2. The first-order valence-corrected chi connectivity index (χ1v) is 8.69. The molecule has 25 heavy (non-hydrogen) atoms. The van der Waals surface area contributed by atoms with Crippen molar-refractivity contribution < 1.29 is 14.3 Å². The highest BCUT2D eigenvalue weighted by Gasteiger charge is 2.54. The summed E-state index contributed by atoms with van der Waals surface area (Å²) in [6.45, 7) is 3.62. The number of benzene rings is 1. The molecule has 2 aromatic rings. The molecule has 1 saturated carbocycles. The summed E-state index contributed by atoms with van der Waals surface area (Å²) < 4.78 is 10.9. The van der Waals surface area contributed by atoms with Gasteiger partial charge < -0.3 is 19.4 Å². The predicted molar refractivity (Wildman–Crippen MR) is 92.5 cm³/mol. The van der Waals surface area contributed by atoms with Gasteiger partial charge in [0.15, 0.2) is 0 Å². The minimum atomic E-state index is -0.399. The average Bonchev–Trinajstić information content (AvgIpc) is 3.36. The van der Waals surface area contributed by atoms with Crippen molar-refractivity contribution >= 4 is 5.91 Å². The number of carbonyl (C=O) groups is 1. The van der Waals surface area contributed by atoms with Crippen LogP contribution in [0.15, 0.2) is 30.5 Å². The SMILES string of the molecule is COc1ccc(C2(C(=O)N3CCOC[C@@H]3c3ncc(C)[nH]3)CC2)cc1. The summed E-state index contributed by atoms with van der Waals surface area (Å²) in [6.07, 6.45) is 3.57. The van der Waals surface area contributed by atoms with E-state index < -0.39 is 5.41 Å². The Balaban J connectivity index is 1.61. The van der Waals surface area contributed by atoms with Gasteiger partial charge >= 0.3 is 0 Å². The lowest BCUT2D eigenvalue weighted by Crippen LogP contribution is -2.48. The fourth-order valence-corrected chi connectivity index (χ4v) is 3.61. The molecule has 1 aliphatic carbocycles. The van der Waals surface area contributed by atoms with Gasteiger partial charge in [-0.15, -0.1) is 0 Å². The van der Waals surface area contributed by atoms with E-state index in [4.69, 9.17) is 9.47 Å². The summed E-state index contributed by atoms with van der Waals surface area (Å²) in [5.74, 6) is 1.79. The number of hydrogen-bond acceptors (Lipinski definition) is 4. The zero-order valence-electron chi connectivity index (χ0n) is 14.6. The van der Waals surface area contributed by atoms with Crippen molar-refractivity contribution in [2.75, 3.05) is 26.9 Å². The van der Waals surface area contributed by atoms with Crippen LogP contribution in [-0.2, 0) is 14.9 Å². The number of H-pyrrole nitrogens is 1. The highest BCUT2D eigenvalue weighted by Crippen LogP contribution is 2.51. The number of amides is 1. The molecule has 0 radical (unpaired) electrons. The minimum absolute atomic E-state index is 0.148. The van der Waals surface area contributed by atoms with Gasteiger partial charge in [-0.05, 0) is 37.5 Å². The Kier molecular flexibility index (Phi) is 4.00. The number of morpholine rings is 1. The number of nitrogens with one attached hydrogen (secondary N) is 1. The van der Waals surface area contributed by atoms with E-state index in [9.17, 15) is 4.79 Å². The highest BCUT2D eigenvalue weighted by molar-refractivity contribution is 5.91. The zero-order chi connectivity index (χ0) is 17.4. The molecular weight excluding hydrogens is 318 g/mol. The first-order valence-electron chi connectivity index (χ1n) is 8.69. The number of hydrogen-bond donors (Lipinski definition) is 1. The van der Waals surface area contributed by atoms with Gasteiger partial charge in [-0.25, -0.2) is 4.98 Å². The number of methoxy groups -OCH3 is 1. The van der Waals surface area contributed by atoms with Gasteiger partial charge in [0.2, 0.25) is 5.91 Å². The summed E-state index contributed by atoms with van der Waals surface area (Å²) in [5, 5.41) is 0. The molecule has 1 aromatic carbocycles. The monoisotopic (exact) mass is 341 g/mol. The molecule has 4 rings (SSSR count). The van der Waals surface area contributed by atoms with Crippen LogP contribution in [0, 0.1) is 6.92 Å². The van der Waals surface area contributed by atoms with Gasteiger partial charge in [0.25, 0.3) is 0 Å². The van der Waals surface area contributed by atoms with Gasteiger partial charge in [0.1, 0.15) is 17.6 Å². The van der Waals surface area contributed by atoms with Crippen LogP contribution in [0.25, 0.3) is 0 Å². The van der Waals surface area contributed by atoms with Crippen molar-refractivity contribution in [2.24, 2.45) is 0 Å². The Bertz CT molecular complexity index is 764. The quantitative estimate of drug-likeness (QED) is 0.927. The van der Waals surface area contributed by atoms with E-state index in [-0.39, 0.29) is 11.9 Å². The summed E-state index contributed by atoms with van der Waals surface area (Å²) >= 11 is 0. The van der Waals surface area contributed by atoms with Crippen LogP contribution in [-0.4, -0.2) is 47.6 Å². The molecule has 1 N–H and O–H groups in total. The number of ether oxygens (including phenoxy) is 2. The topological polar surface area (TPSA) is 67.4 Å². The normalized spacial score (nSPS) is 21.8. The molecule has 1 amide bonds. The number of aromatic nitrogens is 2. The maximum absolute atomic E-state index is 13.4. The zero-order valence-corrected chi connectivity index (χ0v) is 14.6. The minimum Gasteiger partial charge on any atom is -0.497 e. The molecule has 0 spiro atoms. The third-order valence-electron chi connectivity index (χ3n) is 5.23. The lowest BCUT2D eigenvalue weighted by Gasteiger charge is -2.37. The Hall–Kier alpha value is -2.34. The summed E-state index contributed by atoms with van der Waals surface area (Å²) in [4.78, 5) is 23.0. The molecule has 2 heterocycles. The van der Waals surface area contributed by atoms with Gasteiger partial charge in [-0.1, -0.05) is 12.1 Å². The van der Waals surface area contributed by atoms with Crippen LogP contribution in [0.5, 0.6) is 5.75 Å². The molecule has 6 nitrogen and oxygen atoms in total. The fraction of sp³-hybridized carbons (Fsp3) is 0.474. The van der Waals surface area contributed by atoms with Gasteiger partial charge in [0.05, 0.1) is 25.7 Å². The van der Waals surface area contributed by atoms with E-state index in [1.165, 1.54) is 0 Å². The Labute approximate surface area is 147 Å². The van der Waals surface area contributed by atoms with Crippen molar-refractivity contribution in [3.05, 3.63) is 47.5 Å². The van der Waals surface area contributed by atoms with Crippen molar-refractivity contribution in [1.29, 1.82) is 0 Å². The molecule has 2 aliphatic rings. The predicted octanol–water partition coefficient (Wildman–Crippen LogP) is 2.36. The van der Waals surface area contributed by atoms with E-state index in [1.54, 1.807) is 13.3 Å². The van der Waals surface area contributed by atoms with Crippen LogP contribution in [0.3, 0.4) is 0 Å². The fourth-order valence-electron chi connectivity index (χ4n) is 3.61. The number of rotatable bonds is 4. The van der Waals surface area contributed by atoms with Crippen LogP contribution in [0.4, 0.5) is 0 Å². The lowest BCUT2D eigenvalue weighted by atomic mass is 9.93. The van der Waals surface area contributed by atoms with E-state index in [0.29, 0.717) is 19.8 Å². The standard InChI is InChI=1S/C19H23N3O3/c1-13-11-20-17(21-13)16-12-25-10-9-22(16)18(23)19(7-8-19)14-3-5-15(24-2)6-4-14/h3-6,11,16H,7-10,12H2,1-2H3,(H,20,21)/t16-/m1/s1.